The third-order valence-corrected chi connectivity index (χ3v) is 3.25. The van der Waals surface area contributed by atoms with Crippen LogP contribution in [0.25, 0.3) is 0 Å². The highest BCUT2D eigenvalue weighted by atomic mass is 15.1. The summed E-state index contributed by atoms with van der Waals surface area (Å²) in [5.74, 6) is 0.994. The molecular weight excluding hydrogens is 248 g/mol. The van der Waals surface area contributed by atoms with Gasteiger partial charge in [-0.25, -0.2) is 4.98 Å². The van der Waals surface area contributed by atoms with Gasteiger partial charge in [0.2, 0.25) is 0 Å². The van der Waals surface area contributed by atoms with E-state index in [0.717, 1.165) is 25.3 Å². The Morgan fingerprint density at radius 3 is 2.30 bits per heavy atom. The van der Waals surface area contributed by atoms with Gasteiger partial charge in [0.05, 0.1) is 0 Å². The minimum absolute atomic E-state index is 0.922. The smallest absolute Gasteiger partial charge is 0.127 e. The largest absolute Gasteiger partial charge is 0.363 e. The summed E-state index contributed by atoms with van der Waals surface area (Å²) in [6, 6.07) is 8.35. The maximum atomic E-state index is 4.44. The third-order valence-electron chi connectivity index (χ3n) is 3.25. The molecule has 0 radical (unpaired) electrons. The van der Waals surface area contributed by atoms with E-state index in [9.17, 15) is 0 Å². The van der Waals surface area contributed by atoms with Gasteiger partial charge in [0, 0.05) is 45.8 Å². The van der Waals surface area contributed by atoms with Crippen LogP contribution in [0.3, 0.4) is 0 Å². The third kappa shape index (κ3) is 4.31. The highest BCUT2D eigenvalue weighted by Gasteiger charge is 2.03. The van der Waals surface area contributed by atoms with E-state index in [1.165, 1.54) is 11.1 Å². The minimum atomic E-state index is 0.922. The van der Waals surface area contributed by atoms with Gasteiger partial charge in [0.1, 0.15) is 5.82 Å². The van der Waals surface area contributed by atoms with Crippen molar-refractivity contribution in [3.63, 3.8) is 0 Å². The summed E-state index contributed by atoms with van der Waals surface area (Å²) in [7, 11) is 6.15. The van der Waals surface area contributed by atoms with Crippen molar-refractivity contribution in [1.29, 1.82) is 0 Å². The first-order valence-corrected chi connectivity index (χ1v) is 6.85. The SMILES string of the molecule is CN(CCc1ccncc1)Cc1ccc(N(C)C)nc1. The second-order valence-corrected chi connectivity index (χ2v) is 5.26. The van der Waals surface area contributed by atoms with Crippen LogP contribution in [-0.4, -0.2) is 42.6 Å². The number of rotatable bonds is 6. The Hall–Kier alpha value is -1.94. The molecule has 0 N–H and O–H groups in total. The molecule has 2 aromatic heterocycles. The van der Waals surface area contributed by atoms with Crippen LogP contribution in [0.4, 0.5) is 5.82 Å². The molecule has 0 atom stereocenters. The van der Waals surface area contributed by atoms with Crippen LogP contribution in [0.2, 0.25) is 0 Å². The fourth-order valence-corrected chi connectivity index (χ4v) is 2.03. The average molecular weight is 270 g/mol. The number of likely N-dealkylation sites (N-methyl/N-ethyl adjacent to an activating group) is 1. The molecule has 2 aromatic rings. The van der Waals surface area contributed by atoms with Crippen LogP contribution in [0.15, 0.2) is 42.9 Å². The molecule has 0 fully saturated rings. The molecule has 106 valence electrons. The van der Waals surface area contributed by atoms with Crippen molar-refractivity contribution in [1.82, 2.24) is 14.9 Å². The predicted octanol–water partition coefficient (Wildman–Crippen LogP) is 2.22. The number of hydrogen-bond donors (Lipinski definition) is 0. The molecular formula is C16H22N4. The number of anilines is 1. The van der Waals surface area contributed by atoms with Crippen molar-refractivity contribution in [2.45, 2.75) is 13.0 Å². The van der Waals surface area contributed by atoms with Crippen LogP contribution in [0.5, 0.6) is 0 Å². The first kappa shape index (κ1) is 14.5. The Labute approximate surface area is 121 Å². The van der Waals surface area contributed by atoms with E-state index in [-0.39, 0.29) is 0 Å². The van der Waals surface area contributed by atoms with Gasteiger partial charge in [-0.2, -0.15) is 0 Å². The Morgan fingerprint density at radius 2 is 1.70 bits per heavy atom. The number of nitrogens with zero attached hydrogens (tertiary/aromatic N) is 4. The molecule has 0 amide bonds. The molecule has 0 saturated heterocycles. The topological polar surface area (TPSA) is 32.3 Å². The monoisotopic (exact) mass is 270 g/mol. The molecule has 0 aliphatic heterocycles. The summed E-state index contributed by atoms with van der Waals surface area (Å²) < 4.78 is 0. The molecule has 20 heavy (non-hydrogen) atoms. The van der Waals surface area contributed by atoms with Gasteiger partial charge < -0.3 is 9.80 Å². The van der Waals surface area contributed by atoms with Gasteiger partial charge in [-0.1, -0.05) is 6.07 Å². The van der Waals surface area contributed by atoms with E-state index in [4.69, 9.17) is 0 Å². The van der Waals surface area contributed by atoms with Crippen molar-refractivity contribution in [2.75, 3.05) is 32.6 Å². The standard InChI is InChI=1S/C16H22N4/c1-19(2)16-5-4-15(12-18-16)13-20(3)11-8-14-6-9-17-10-7-14/h4-7,9-10,12H,8,11,13H2,1-3H3. The lowest BCUT2D eigenvalue weighted by molar-refractivity contribution is 0.331. The zero-order valence-electron chi connectivity index (χ0n) is 12.5. The summed E-state index contributed by atoms with van der Waals surface area (Å²) >= 11 is 0. The molecule has 0 unspecified atom stereocenters. The van der Waals surface area contributed by atoms with Crippen molar-refractivity contribution in [3.8, 4) is 0 Å². The molecule has 4 nitrogen and oxygen atoms in total. The van der Waals surface area contributed by atoms with Gasteiger partial charge >= 0.3 is 0 Å². The maximum Gasteiger partial charge on any atom is 0.127 e. The predicted molar refractivity (Wildman–Crippen MR) is 82.8 cm³/mol. The number of aromatic nitrogens is 2. The Bertz CT molecular complexity index is 508. The lowest BCUT2D eigenvalue weighted by Crippen LogP contribution is -2.21. The van der Waals surface area contributed by atoms with Crippen LogP contribution in [-0.2, 0) is 13.0 Å². The van der Waals surface area contributed by atoms with Crippen molar-refractivity contribution in [2.24, 2.45) is 0 Å². The quantitative estimate of drug-likeness (QED) is 0.805. The van der Waals surface area contributed by atoms with Crippen molar-refractivity contribution in [3.05, 3.63) is 54.0 Å². The molecule has 0 spiro atoms. The van der Waals surface area contributed by atoms with E-state index in [1.54, 1.807) is 0 Å². The van der Waals surface area contributed by atoms with Crippen LogP contribution >= 0.6 is 0 Å². The average Bonchev–Trinajstić information content (AvgIpc) is 2.47. The lowest BCUT2D eigenvalue weighted by atomic mass is 10.2. The van der Waals surface area contributed by atoms with Gasteiger partial charge in [-0.15, -0.1) is 0 Å². The van der Waals surface area contributed by atoms with E-state index < -0.39 is 0 Å². The Morgan fingerprint density at radius 1 is 0.950 bits per heavy atom. The Balaban J connectivity index is 1.83. The van der Waals surface area contributed by atoms with E-state index >= 15 is 0 Å². The van der Waals surface area contributed by atoms with Gasteiger partial charge in [0.25, 0.3) is 0 Å². The molecule has 0 bridgehead atoms. The Kier molecular flexibility index (Phi) is 5.07. The molecule has 0 aliphatic rings. The van der Waals surface area contributed by atoms with Gasteiger partial charge in [-0.05, 0) is 42.8 Å². The molecule has 4 heteroatoms. The number of pyridine rings is 2. The van der Waals surface area contributed by atoms with Crippen molar-refractivity contribution >= 4 is 5.82 Å². The normalized spacial score (nSPS) is 10.8. The summed E-state index contributed by atoms with van der Waals surface area (Å²) in [4.78, 5) is 12.8. The summed E-state index contributed by atoms with van der Waals surface area (Å²) in [5, 5.41) is 0. The van der Waals surface area contributed by atoms with E-state index in [2.05, 4.69) is 46.2 Å². The highest BCUT2D eigenvalue weighted by molar-refractivity contribution is 5.37. The molecule has 2 rings (SSSR count). The lowest BCUT2D eigenvalue weighted by Gasteiger charge is -2.17. The van der Waals surface area contributed by atoms with Crippen molar-refractivity contribution < 1.29 is 0 Å². The maximum absolute atomic E-state index is 4.44. The van der Waals surface area contributed by atoms with E-state index in [1.807, 2.05) is 37.6 Å². The summed E-state index contributed by atoms with van der Waals surface area (Å²) in [5.41, 5.74) is 2.57. The zero-order valence-corrected chi connectivity index (χ0v) is 12.5. The van der Waals surface area contributed by atoms with Crippen LogP contribution < -0.4 is 4.90 Å². The van der Waals surface area contributed by atoms with Crippen LogP contribution in [0, 0.1) is 0 Å². The van der Waals surface area contributed by atoms with E-state index in [0.29, 0.717) is 0 Å². The number of hydrogen-bond acceptors (Lipinski definition) is 4. The first-order chi connectivity index (χ1) is 9.65. The second-order valence-electron chi connectivity index (χ2n) is 5.26. The molecule has 2 heterocycles. The van der Waals surface area contributed by atoms with Crippen LogP contribution in [0.1, 0.15) is 11.1 Å². The minimum Gasteiger partial charge on any atom is -0.363 e. The van der Waals surface area contributed by atoms with Gasteiger partial charge in [-0.3, -0.25) is 4.98 Å². The fraction of sp³-hybridized carbons (Fsp3) is 0.375. The highest BCUT2D eigenvalue weighted by Crippen LogP contribution is 2.09. The molecule has 0 aliphatic carbocycles. The summed E-state index contributed by atoms with van der Waals surface area (Å²) in [6.07, 6.45) is 6.69. The first-order valence-electron chi connectivity index (χ1n) is 6.85. The molecule has 0 aromatic carbocycles. The molecule has 0 saturated carbocycles. The fourth-order valence-electron chi connectivity index (χ4n) is 2.03. The second kappa shape index (κ2) is 7.01. The van der Waals surface area contributed by atoms with Gasteiger partial charge in [0.15, 0.2) is 0 Å². The summed E-state index contributed by atoms with van der Waals surface area (Å²) in [6.45, 7) is 1.95. The zero-order chi connectivity index (χ0) is 14.4.